The molecule has 0 saturated carbocycles. The Hall–Kier alpha value is -1.75. The SMILES string of the molecule is CCC(O)CCNC(=O)c1ccc(O)cc1O. The molecule has 94 valence electrons. The predicted molar refractivity (Wildman–Crippen MR) is 63.0 cm³/mol. The number of hydrogen-bond acceptors (Lipinski definition) is 4. The topological polar surface area (TPSA) is 89.8 Å². The first-order valence-electron chi connectivity index (χ1n) is 5.52. The summed E-state index contributed by atoms with van der Waals surface area (Å²) in [6.45, 7) is 2.20. The largest absolute Gasteiger partial charge is 0.508 e. The molecule has 5 heteroatoms. The molecule has 0 heterocycles. The molecule has 5 nitrogen and oxygen atoms in total. The van der Waals surface area contributed by atoms with Gasteiger partial charge in [0.15, 0.2) is 0 Å². The number of nitrogens with one attached hydrogen (secondary N) is 1. The highest BCUT2D eigenvalue weighted by Gasteiger charge is 2.11. The Morgan fingerprint density at radius 2 is 2.12 bits per heavy atom. The van der Waals surface area contributed by atoms with Crippen LogP contribution >= 0.6 is 0 Å². The van der Waals surface area contributed by atoms with Crippen molar-refractivity contribution in [1.82, 2.24) is 5.32 Å². The molecule has 1 aromatic carbocycles. The van der Waals surface area contributed by atoms with Gasteiger partial charge >= 0.3 is 0 Å². The maximum absolute atomic E-state index is 11.6. The van der Waals surface area contributed by atoms with E-state index >= 15 is 0 Å². The van der Waals surface area contributed by atoms with Gasteiger partial charge in [0.1, 0.15) is 11.5 Å². The summed E-state index contributed by atoms with van der Waals surface area (Å²) in [5.41, 5.74) is 0.105. The molecule has 4 N–H and O–H groups in total. The quantitative estimate of drug-likeness (QED) is 0.616. The van der Waals surface area contributed by atoms with Crippen LogP contribution in [0.2, 0.25) is 0 Å². The number of aromatic hydroxyl groups is 2. The molecule has 0 radical (unpaired) electrons. The highest BCUT2D eigenvalue weighted by atomic mass is 16.3. The summed E-state index contributed by atoms with van der Waals surface area (Å²) in [5, 5.41) is 30.4. The van der Waals surface area contributed by atoms with E-state index in [2.05, 4.69) is 5.32 Å². The fourth-order valence-corrected chi connectivity index (χ4v) is 1.36. The molecule has 1 unspecified atom stereocenters. The van der Waals surface area contributed by atoms with E-state index in [4.69, 9.17) is 5.11 Å². The van der Waals surface area contributed by atoms with Crippen molar-refractivity contribution in [2.45, 2.75) is 25.9 Å². The summed E-state index contributed by atoms with van der Waals surface area (Å²) in [6.07, 6.45) is 0.685. The maximum Gasteiger partial charge on any atom is 0.255 e. The van der Waals surface area contributed by atoms with Gasteiger partial charge in [0.25, 0.3) is 5.91 Å². The monoisotopic (exact) mass is 239 g/mol. The van der Waals surface area contributed by atoms with Crippen molar-refractivity contribution in [3.63, 3.8) is 0 Å². The average molecular weight is 239 g/mol. The first-order chi connectivity index (χ1) is 8.04. The Morgan fingerprint density at radius 1 is 1.41 bits per heavy atom. The summed E-state index contributed by atoms with van der Waals surface area (Å²) in [6, 6.07) is 3.78. The van der Waals surface area contributed by atoms with Crippen molar-refractivity contribution >= 4 is 5.91 Å². The van der Waals surface area contributed by atoms with Crippen molar-refractivity contribution in [1.29, 1.82) is 0 Å². The van der Waals surface area contributed by atoms with Crippen LogP contribution in [-0.2, 0) is 0 Å². The number of carbonyl (C=O) groups excluding carboxylic acids is 1. The smallest absolute Gasteiger partial charge is 0.255 e. The van der Waals surface area contributed by atoms with Crippen LogP contribution in [0.15, 0.2) is 18.2 Å². The molecule has 0 saturated heterocycles. The van der Waals surface area contributed by atoms with E-state index in [1.807, 2.05) is 6.92 Å². The molecule has 0 aliphatic carbocycles. The van der Waals surface area contributed by atoms with E-state index < -0.39 is 12.0 Å². The normalized spacial score (nSPS) is 12.1. The maximum atomic E-state index is 11.6. The molecular formula is C12H17NO4. The lowest BCUT2D eigenvalue weighted by Gasteiger charge is -2.09. The third-order valence-electron chi connectivity index (χ3n) is 2.46. The second-order valence-corrected chi connectivity index (χ2v) is 3.81. The van der Waals surface area contributed by atoms with Crippen LogP contribution in [0.5, 0.6) is 11.5 Å². The number of carbonyl (C=O) groups is 1. The zero-order valence-corrected chi connectivity index (χ0v) is 9.68. The van der Waals surface area contributed by atoms with E-state index in [0.717, 1.165) is 6.07 Å². The highest BCUT2D eigenvalue weighted by Crippen LogP contribution is 2.22. The van der Waals surface area contributed by atoms with Gasteiger partial charge in [0.2, 0.25) is 0 Å². The fraction of sp³-hybridized carbons (Fsp3) is 0.417. The lowest BCUT2D eigenvalue weighted by atomic mass is 10.1. The number of aliphatic hydroxyl groups excluding tert-OH is 1. The van der Waals surface area contributed by atoms with Crippen LogP contribution in [0.25, 0.3) is 0 Å². The Labute approximate surface area is 99.7 Å². The molecule has 0 bridgehead atoms. The van der Waals surface area contributed by atoms with Crippen LogP contribution in [0.3, 0.4) is 0 Å². The van der Waals surface area contributed by atoms with Gasteiger partial charge in [-0.3, -0.25) is 4.79 Å². The van der Waals surface area contributed by atoms with E-state index in [1.165, 1.54) is 12.1 Å². The summed E-state index contributed by atoms with van der Waals surface area (Å²) >= 11 is 0. The van der Waals surface area contributed by atoms with Gasteiger partial charge in [-0.05, 0) is 25.0 Å². The Bertz CT molecular complexity index is 392. The van der Waals surface area contributed by atoms with E-state index in [-0.39, 0.29) is 17.1 Å². The minimum absolute atomic E-state index is 0.0968. The predicted octanol–water partition coefficient (Wildman–Crippen LogP) is 0.989. The Balaban J connectivity index is 2.52. The number of phenolic OH excluding ortho intramolecular Hbond substituents is 2. The zero-order chi connectivity index (χ0) is 12.8. The number of rotatable bonds is 5. The molecule has 1 rings (SSSR count). The molecule has 1 amide bonds. The summed E-state index contributed by atoms with van der Waals surface area (Å²) in [7, 11) is 0. The summed E-state index contributed by atoms with van der Waals surface area (Å²) in [5.74, 6) is -0.787. The number of benzene rings is 1. The minimum atomic E-state index is -0.427. The zero-order valence-electron chi connectivity index (χ0n) is 9.68. The van der Waals surface area contributed by atoms with Crippen molar-refractivity contribution in [2.75, 3.05) is 6.54 Å². The first kappa shape index (κ1) is 13.3. The molecule has 1 aromatic rings. The summed E-state index contributed by atoms with van der Waals surface area (Å²) in [4.78, 5) is 11.6. The molecular weight excluding hydrogens is 222 g/mol. The van der Waals surface area contributed by atoms with E-state index in [1.54, 1.807) is 0 Å². The van der Waals surface area contributed by atoms with E-state index in [9.17, 15) is 15.0 Å². The third kappa shape index (κ3) is 3.96. The molecule has 1 atom stereocenters. The van der Waals surface area contributed by atoms with Crippen molar-refractivity contribution in [2.24, 2.45) is 0 Å². The number of aliphatic hydroxyl groups is 1. The van der Waals surface area contributed by atoms with Gasteiger partial charge in [0.05, 0.1) is 11.7 Å². The van der Waals surface area contributed by atoms with E-state index in [0.29, 0.717) is 19.4 Å². The van der Waals surface area contributed by atoms with Crippen LogP contribution < -0.4 is 5.32 Å². The van der Waals surface area contributed by atoms with Gasteiger partial charge in [0, 0.05) is 12.6 Å². The molecule has 0 aromatic heterocycles. The Kier molecular flexibility index (Phi) is 4.78. The Morgan fingerprint density at radius 3 is 2.71 bits per heavy atom. The molecule has 0 aliphatic heterocycles. The molecule has 17 heavy (non-hydrogen) atoms. The second kappa shape index (κ2) is 6.10. The number of hydrogen-bond donors (Lipinski definition) is 4. The van der Waals surface area contributed by atoms with Gasteiger partial charge in [-0.2, -0.15) is 0 Å². The summed E-state index contributed by atoms with van der Waals surface area (Å²) < 4.78 is 0. The van der Waals surface area contributed by atoms with Crippen LogP contribution in [-0.4, -0.2) is 33.9 Å². The standard InChI is InChI=1S/C12H17NO4/c1-2-8(14)5-6-13-12(17)10-4-3-9(15)7-11(10)16/h3-4,7-8,14-16H,2,5-6H2,1H3,(H,13,17). The van der Waals surface area contributed by atoms with Crippen LogP contribution in [0.1, 0.15) is 30.1 Å². The van der Waals surface area contributed by atoms with Gasteiger partial charge < -0.3 is 20.6 Å². The van der Waals surface area contributed by atoms with Crippen molar-refractivity contribution in [3.8, 4) is 11.5 Å². The lowest BCUT2D eigenvalue weighted by Crippen LogP contribution is -2.27. The lowest BCUT2D eigenvalue weighted by molar-refractivity contribution is 0.0939. The van der Waals surface area contributed by atoms with Crippen LogP contribution in [0, 0.1) is 0 Å². The van der Waals surface area contributed by atoms with Gasteiger partial charge in [-0.25, -0.2) is 0 Å². The third-order valence-corrected chi connectivity index (χ3v) is 2.46. The van der Waals surface area contributed by atoms with Gasteiger partial charge in [-0.1, -0.05) is 6.92 Å². The van der Waals surface area contributed by atoms with Gasteiger partial charge in [-0.15, -0.1) is 0 Å². The van der Waals surface area contributed by atoms with Crippen molar-refractivity contribution in [3.05, 3.63) is 23.8 Å². The number of phenols is 2. The first-order valence-corrected chi connectivity index (χ1v) is 5.52. The van der Waals surface area contributed by atoms with Crippen LogP contribution in [0.4, 0.5) is 0 Å². The fourth-order valence-electron chi connectivity index (χ4n) is 1.36. The number of amides is 1. The molecule has 0 fully saturated rings. The molecule has 0 spiro atoms. The second-order valence-electron chi connectivity index (χ2n) is 3.81. The highest BCUT2D eigenvalue weighted by molar-refractivity contribution is 5.96. The molecule has 0 aliphatic rings. The minimum Gasteiger partial charge on any atom is -0.508 e. The van der Waals surface area contributed by atoms with Crippen molar-refractivity contribution < 1.29 is 20.1 Å². The average Bonchev–Trinajstić information content (AvgIpc) is 2.28.